The zero-order chi connectivity index (χ0) is 16.4. The number of hydrogen-bond acceptors (Lipinski definition) is 6. The Labute approximate surface area is 130 Å². The molecule has 0 unspecified atom stereocenters. The molecule has 0 N–H and O–H groups in total. The van der Waals surface area contributed by atoms with Gasteiger partial charge in [-0.25, -0.2) is 4.57 Å². The Morgan fingerprint density at radius 3 is 2.23 bits per heavy atom. The molecule has 0 heterocycles. The van der Waals surface area contributed by atoms with E-state index in [4.69, 9.17) is 13.6 Å². The summed E-state index contributed by atoms with van der Waals surface area (Å²) >= 11 is 0. The summed E-state index contributed by atoms with van der Waals surface area (Å²) in [5, 5.41) is 10.8. The third kappa shape index (κ3) is 6.56. The van der Waals surface area contributed by atoms with Crippen LogP contribution in [0.2, 0.25) is 0 Å². The molecule has 1 rings (SSSR count). The fourth-order valence-electron chi connectivity index (χ4n) is 1.51. The first-order valence-electron chi connectivity index (χ1n) is 7.34. The van der Waals surface area contributed by atoms with Crippen LogP contribution in [0.3, 0.4) is 0 Å². The van der Waals surface area contributed by atoms with Crippen LogP contribution in [-0.2, 0) is 13.6 Å². The van der Waals surface area contributed by atoms with Crippen molar-refractivity contribution < 1.29 is 23.1 Å². The molecular formula is C14H22NO6P. The first-order chi connectivity index (χ1) is 10.5. The normalized spacial score (nSPS) is 11.4. The van der Waals surface area contributed by atoms with E-state index in [1.165, 1.54) is 24.3 Å². The number of unbranched alkanes of at least 4 members (excludes halogenated alkanes) is 2. The molecule has 0 spiro atoms. The molecule has 0 bridgehead atoms. The molecule has 0 saturated heterocycles. The van der Waals surface area contributed by atoms with Gasteiger partial charge in [-0.1, -0.05) is 32.8 Å². The molecule has 0 amide bonds. The first-order valence-corrected chi connectivity index (χ1v) is 8.80. The predicted molar refractivity (Wildman–Crippen MR) is 83.1 cm³/mol. The molecule has 1 aromatic carbocycles. The Balaban J connectivity index is 2.79. The van der Waals surface area contributed by atoms with Crippen molar-refractivity contribution in [2.24, 2.45) is 0 Å². The molecule has 0 saturated carbocycles. The van der Waals surface area contributed by atoms with Crippen molar-refractivity contribution in [3.63, 3.8) is 0 Å². The minimum absolute atomic E-state index is 0.0885. The zero-order valence-corrected chi connectivity index (χ0v) is 13.8. The van der Waals surface area contributed by atoms with E-state index >= 15 is 0 Å². The lowest BCUT2D eigenvalue weighted by Crippen LogP contribution is -2.05. The van der Waals surface area contributed by atoms with Crippen LogP contribution in [0.25, 0.3) is 0 Å². The fraction of sp³-hybridized carbons (Fsp3) is 0.571. The summed E-state index contributed by atoms with van der Waals surface area (Å²) in [5.41, 5.74) is -0.147. The summed E-state index contributed by atoms with van der Waals surface area (Å²) < 4.78 is 28.4. The second-order valence-electron chi connectivity index (χ2n) is 4.67. The van der Waals surface area contributed by atoms with E-state index in [9.17, 15) is 14.7 Å². The molecule has 8 heteroatoms. The smallest absolute Gasteiger partial charge is 0.404 e. The van der Waals surface area contributed by atoms with E-state index in [1.807, 2.05) is 13.8 Å². The Kier molecular flexibility index (Phi) is 8.09. The van der Waals surface area contributed by atoms with E-state index < -0.39 is 12.7 Å². The SMILES string of the molecule is CCCCOP(=O)(OCCCC)Oc1cccc([N+](=O)[O-])c1. The molecule has 1 aromatic rings. The van der Waals surface area contributed by atoms with Crippen LogP contribution >= 0.6 is 7.82 Å². The quantitative estimate of drug-likeness (QED) is 0.252. The predicted octanol–water partition coefficient (Wildman–Crippen LogP) is 4.72. The largest absolute Gasteiger partial charge is 0.530 e. The van der Waals surface area contributed by atoms with Gasteiger partial charge < -0.3 is 4.52 Å². The van der Waals surface area contributed by atoms with Gasteiger partial charge in [-0.15, -0.1) is 0 Å². The highest BCUT2D eigenvalue weighted by atomic mass is 31.2. The summed E-state index contributed by atoms with van der Waals surface area (Å²) in [4.78, 5) is 10.2. The van der Waals surface area contributed by atoms with Gasteiger partial charge in [0.25, 0.3) is 5.69 Å². The van der Waals surface area contributed by atoms with Gasteiger partial charge in [0.15, 0.2) is 0 Å². The molecular weight excluding hydrogens is 309 g/mol. The number of phosphoric ester groups is 1. The topological polar surface area (TPSA) is 87.9 Å². The van der Waals surface area contributed by atoms with Gasteiger partial charge in [0.2, 0.25) is 0 Å². The number of phosphoric acid groups is 1. The van der Waals surface area contributed by atoms with Crippen molar-refractivity contribution in [2.45, 2.75) is 39.5 Å². The van der Waals surface area contributed by atoms with Crippen molar-refractivity contribution in [2.75, 3.05) is 13.2 Å². The summed E-state index contributed by atoms with van der Waals surface area (Å²) in [6, 6.07) is 5.45. The van der Waals surface area contributed by atoms with Gasteiger partial charge in [0.05, 0.1) is 24.2 Å². The Bertz CT molecular complexity index is 508. The van der Waals surface area contributed by atoms with E-state index in [0.29, 0.717) is 0 Å². The first kappa shape index (κ1) is 18.6. The summed E-state index contributed by atoms with van der Waals surface area (Å²) in [7, 11) is -3.77. The lowest BCUT2D eigenvalue weighted by atomic mass is 10.3. The molecule has 0 atom stereocenters. The fourth-order valence-corrected chi connectivity index (χ4v) is 2.77. The lowest BCUT2D eigenvalue weighted by Gasteiger charge is -2.18. The Morgan fingerprint density at radius 2 is 1.73 bits per heavy atom. The number of nitro benzene ring substituents is 1. The van der Waals surface area contributed by atoms with Crippen molar-refractivity contribution >= 4 is 13.5 Å². The van der Waals surface area contributed by atoms with Crippen LogP contribution < -0.4 is 4.52 Å². The van der Waals surface area contributed by atoms with Crippen LogP contribution in [0.1, 0.15) is 39.5 Å². The number of rotatable bonds is 11. The number of hydrogen-bond donors (Lipinski definition) is 0. The minimum Gasteiger partial charge on any atom is -0.404 e. The molecule has 0 aliphatic heterocycles. The number of non-ortho nitro benzene ring substituents is 1. The van der Waals surface area contributed by atoms with Crippen molar-refractivity contribution in [1.29, 1.82) is 0 Å². The van der Waals surface area contributed by atoms with Crippen LogP contribution in [0.4, 0.5) is 5.69 Å². The molecule has 124 valence electrons. The monoisotopic (exact) mass is 331 g/mol. The number of nitrogens with zero attached hydrogens (tertiary/aromatic N) is 1. The van der Waals surface area contributed by atoms with Crippen molar-refractivity contribution in [3.8, 4) is 5.75 Å². The highest BCUT2D eigenvalue weighted by Crippen LogP contribution is 2.50. The standard InChI is InChI=1S/C14H22NO6P/c1-3-5-10-19-22(18,20-11-6-4-2)21-14-9-7-8-13(12-14)15(16)17/h7-9,12H,3-6,10-11H2,1-2H3. The van der Waals surface area contributed by atoms with Crippen molar-refractivity contribution in [3.05, 3.63) is 34.4 Å². The Morgan fingerprint density at radius 1 is 1.14 bits per heavy atom. The third-order valence-electron chi connectivity index (χ3n) is 2.74. The average Bonchev–Trinajstić information content (AvgIpc) is 2.48. The minimum atomic E-state index is -3.77. The molecule has 7 nitrogen and oxygen atoms in total. The maximum Gasteiger partial charge on any atom is 0.530 e. The van der Waals surface area contributed by atoms with Crippen LogP contribution in [-0.4, -0.2) is 18.1 Å². The van der Waals surface area contributed by atoms with Gasteiger partial charge in [0, 0.05) is 6.07 Å². The van der Waals surface area contributed by atoms with Crippen LogP contribution in [0.5, 0.6) is 5.75 Å². The molecule has 0 radical (unpaired) electrons. The molecule has 0 aliphatic rings. The van der Waals surface area contributed by atoms with Gasteiger partial charge in [-0.3, -0.25) is 19.2 Å². The van der Waals surface area contributed by atoms with Gasteiger partial charge >= 0.3 is 7.82 Å². The zero-order valence-electron chi connectivity index (χ0n) is 12.9. The Hall–Kier alpha value is -1.43. The van der Waals surface area contributed by atoms with E-state index in [1.54, 1.807) is 0 Å². The van der Waals surface area contributed by atoms with Crippen LogP contribution in [0, 0.1) is 10.1 Å². The maximum absolute atomic E-state index is 12.6. The molecule has 0 fully saturated rings. The second kappa shape index (κ2) is 9.56. The van der Waals surface area contributed by atoms with Gasteiger partial charge in [-0.2, -0.15) is 0 Å². The number of benzene rings is 1. The van der Waals surface area contributed by atoms with E-state index in [2.05, 4.69) is 0 Å². The summed E-state index contributed by atoms with van der Waals surface area (Å²) in [5.74, 6) is 0.0885. The summed E-state index contributed by atoms with van der Waals surface area (Å²) in [6.45, 7) is 4.45. The van der Waals surface area contributed by atoms with E-state index in [0.717, 1.165) is 25.7 Å². The number of nitro groups is 1. The average molecular weight is 331 g/mol. The molecule has 0 aromatic heterocycles. The highest BCUT2D eigenvalue weighted by molar-refractivity contribution is 7.48. The summed E-state index contributed by atoms with van der Waals surface area (Å²) in [6.07, 6.45) is 3.20. The maximum atomic E-state index is 12.6. The third-order valence-corrected chi connectivity index (χ3v) is 4.17. The van der Waals surface area contributed by atoms with Gasteiger partial charge in [0.1, 0.15) is 5.75 Å². The lowest BCUT2D eigenvalue weighted by molar-refractivity contribution is -0.384. The van der Waals surface area contributed by atoms with Crippen molar-refractivity contribution in [1.82, 2.24) is 0 Å². The van der Waals surface area contributed by atoms with Crippen LogP contribution in [0.15, 0.2) is 24.3 Å². The molecule has 22 heavy (non-hydrogen) atoms. The van der Waals surface area contributed by atoms with Gasteiger partial charge in [-0.05, 0) is 18.9 Å². The highest BCUT2D eigenvalue weighted by Gasteiger charge is 2.28. The second-order valence-corrected chi connectivity index (χ2v) is 6.26. The molecule has 0 aliphatic carbocycles. The van der Waals surface area contributed by atoms with E-state index in [-0.39, 0.29) is 24.7 Å².